The second-order valence-corrected chi connectivity index (χ2v) is 17.3. The Labute approximate surface area is 334 Å². The van der Waals surface area contributed by atoms with Gasteiger partial charge in [-0.1, -0.05) is 41.8 Å². The van der Waals surface area contributed by atoms with Crippen molar-refractivity contribution in [3.8, 4) is 22.9 Å². The van der Waals surface area contributed by atoms with Crippen molar-refractivity contribution in [1.29, 1.82) is 5.26 Å². The summed E-state index contributed by atoms with van der Waals surface area (Å²) in [6, 6.07) is 15.3. The van der Waals surface area contributed by atoms with Crippen molar-refractivity contribution in [2.75, 3.05) is 13.1 Å². The number of benzene rings is 2. The van der Waals surface area contributed by atoms with Gasteiger partial charge in [0.25, 0.3) is 0 Å². The lowest BCUT2D eigenvalue weighted by atomic mass is 9.79. The third kappa shape index (κ3) is 5.88. The Balaban J connectivity index is 1.17. The highest BCUT2D eigenvalue weighted by Gasteiger charge is 2.51. The molecular weight excluding hydrogens is 750 g/mol. The normalized spacial score (nSPS) is 25.0. The number of carbonyl (C=O) groups excluding carboxylic acids is 1. The molecule has 11 rings (SSSR count). The summed E-state index contributed by atoms with van der Waals surface area (Å²) >= 11 is 13.2. The van der Waals surface area contributed by atoms with Gasteiger partial charge in [0.05, 0.1) is 52.1 Å². The standard InChI is InChI=1S/C44H43Cl2FN6O3/c1-22(54)40-31-19-36(35-18-28(21-52(35)44(55)24-10-11-24)56-27-12-14-49-33(17-27)23-5-2-6-23)53(42-26-16-34(42)50-20-26)43(31)30-15-25(7-4-13-48)37(39(47)41(30)51-40)29-8-3-9-32(45)38(29)46/h3,8-9,12,14-15,17,19,22-24,26,28,34-35,42,50,54H,2,4-7,10-11,16,18,20-21H2,1H3/t22-,26-,28+,34-,35-,42+/m1/s1. The van der Waals surface area contributed by atoms with Gasteiger partial charge in [-0.05, 0) is 81.2 Å². The number of nitriles is 1. The largest absolute Gasteiger partial charge is 0.488 e. The molecule has 3 aliphatic carbocycles. The van der Waals surface area contributed by atoms with Crippen molar-refractivity contribution in [2.24, 2.45) is 11.8 Å². The van der Waals surface area contributed by atoms with Crippen molar-refractivity contribution < 1.29 is 19.0 Å². The molecule has 1 amide bonds. The minimum absolute atomic E-state index is 0.00539. The lowest BCUT2D eigenvalue weighted by molar-refractivity contribution is -0.133. The Kier molecular flexibility index (Phi) is 9.01. The van der Waals surface area contributed by atoms with Crippen LogP contribution in [0.15, 0.2) is 48.7 Å². The summed E-state index contributed by atoms with van der Waals surface area (Å²) in [5.41, 5.74) is 4.57. The van der Waals surface area contributed by atoms with Gasteiger partial charge in [0.1, 0.15) is 17.4 Å². The summed E-state index contributed by atoms with van der Waals surface area (Å²) < 4.78 is 26.5. The number of ether oxygens (including phenoxy) is 1. The van der Waals surface area contributed by atoms with Gasteiger partial charge in [0.2, 0.25) is 5.91 Å². The fourth-order valence-electron chi connectivity index (χ4n) is 9.88. The van der Waals surface area contributed by atoms with Gasteiger partial charge in [-0.15, -0.1) is 0 Å². The van der Waals surface area contributed by atoms with Gasteiger partial charge in [0, 0.05) is 82.8 Å². The third-order valence-corrected chi connectivity index (χ3v) is 13.9. The molecule has 3 saturated carbocycles. The second-order valence-electron chi connectivity index (χ2n) is 16.6. The third-order valence-electron chi connectivity index (χ3n) is 13.1. The molecule has 3 aromatic heterocycles. The van der Waals surface area contributed by atoms with Crippen LogP contribution < -0.4 is 10.1 Å². The number of fused-ring (bicyclic) bond motifs is 4. The van der Waals surface area contributed by atoms with Gasteiger partial charge in [-0.2, -0.15) is 5.26 Å². The van der Waals surface area contributed by atoms with E-state index in [4.69, 9.17) is 32.9 Å². The molecular formula is C44H43Cl2FN6O3. The predicted molar refractivity (Wildman–Crippen MR) is 213 cm³/mol. The number of nitrogens with one attached hydrogen (secondary N) is 1. The van der Waals surface area contributed by atoms with Crippen molar-refractivity contribution in [3.05, 3.63) is 87.2 Å². The van der Waals surface area contributed by atoms with Gasteiger partial charge >= 0.3 is 0 Å². The van der Waals surface area contributed by atoms with E-state index in [1.165, 1.54) is 6.42 Å². The first-order valence-corrected chi connectivity index (χ1v) is 20.8. The van der Waals surface area contributed by atoms with E-state index in [-0.39, 0.29) is 65.0 Å². The molecule has 9 nitrogen and oxygen atoms in total. The second kappa shape index (κ2) is 14.0. The molecule has 0 radical (unpaired) electrons. The first-order valence-electron chi connectivity index (χ1n) is 20.1. The number of aromatic nitrogens is 3. The number of aliphatic hydroxyl groups excluding tert-OH is 1. The van der Waals surface area contributed by atoms with E-state index in [2.05, 4.69) is 33.1 Å². The molecule has 0 unspecified atom stereocenters. The molecule has 6 aliphatic rings. The quantitative estimate of drug-likeness (QED) is 0.145. The molecule has 6 atom stereocenters. The number of aryl methyl sites for hydroxylation is 1. The molecule has 2 aromatic carbocycles. The zero-order chi connectivity index (χ0) is 38.4. The predicted octanol–water partition coefficient (Wildman–Crippen LogP) is 9.14. The summed E-state index contributed by atoms with van der Waals surface area (Å²) in [5, 5.41) is 26.5. The number of hydrogen-bond acceptors (Lipinski definition) is 7. The molecule has 288 valence electrons. The maximum absolute atomic E-state index is 17.4. The fourth-order valence-corrected chi connectivity index (χ4v) is 10.3. The molecule has 12 heteroatoms. The number of amides is 1. The Morgan fingerprint density at radius 1 is 1.14 bits per heavy atom. The van der Waals surface area contributed by atoms with E-state index < -0.39 is 11.9 Å². The molecule has 5 aromatic rings. The Morgan fingerprint density at radius 2 is 1.98 bits per heavy atom. The van der Waals surface area contributed by atoms with E-state index in [1.807, 2.05) is 23.2 Å². The fraction of sp³-hybridized carbons (Fsp3) is 0.455. The van der Waals surface area contributed by atoms with E-state index >= 15 is 4.39 Å². The lowest BCUT2D eigenvalue weighted by Crippen LogP contribution is -2.41. The molecule has 0 spiro atoms. The highest BCUT2D eigenvalue weighted by Crippen LogP contribution is 2.52. The van der Waals surface area contributed by atoms with E-state index in [1.54, 1.807) is 25.1 Å². The van der Waals surface area contributed by atoms with E-state index in [9.17, 15) is 15.2 Å². The highest BCUT2D eigenvalue weighted by atomic mass is 35.5. The van der Waals surface area contributed by atoms with Gasteiger partial charge in [0.15, 0.2) is 5.82 Å². The number of halogens is 3. The monoisotopic (exact) mass is 792 g/mol. The zero-order valence-electron chi connectivity index (χ0n) is 31.1. The highest BCUT2D eigenvalue weighted by molar-refractivity contribution is 6.43. The minimum Gasteiger partial charge on any atom is -0.488 e. The number of likely N-dealkylation sites (tertiary alicyclic amines) is 1. The molecule has 2 N–H and O–H groups in total. The molecule has 3 aliphatic heterocycles. The first kappa shape index (κ1) is 36.1. The summed E-state index contributed by atoms with van der Waals surface area (Å²) in [6.45, 7) is 2.98. The Bertz CT molecular complexity index is 2440. The van der Waals surface area contributed by atoms with Crippen LogP contribution in [-0.4, -0.2) is 55.7 Å². The number of nitrogens with zero attached hydrogens (tertiary/aromatic N) is 5. The number of pyridine rings is 2. The van der Waals surface area contributed by atoms with Crippen molar-refractivity contribution in [1.82, 2.24) is 24.8 Å². The smallest absolute Gasteiger partial charge is 0.226 e. The summed E-state index contributed by atoms with van der Waals surface area (Å²) in [7, 11) is 0. The molecule has 6 heterocycles. The van der Waals surface area contributed by atoms with Crippen LogP contribution in [0.1, 0.15) is 105 Å². The van der Waals surface area contributed by atoms with Gasteiger partial charge in [-0.25, -0.2) is 9.37 Å². The van der Waals surface area contributed by atoms with Crippen molar-refractivity contribution in [2.45, 2.75) is 101 Å². The van der Waals surface area contributed by atoms with Crippen LogP contribution in [-0.2, 0) is 11.2 Å². The maximum Gasteiger partial charge on any atom is 0.226 e. The van der Waals surface area contributed by atoms with Crippen LogP contribution in [0.3, 0.4) is 0 Å². The summed E-state index contributed by atoms with van der Waals surface area (Å²) in [6.07, 6.45) is 7.91. The Hall–Kier alpha value is -4.27. The van der Waals surface area contributed by atoms with Crippen LogP contribution in [0.2, 0.25) is 10.0 Å². The molecule has 3 saturated heterocycles. The van der Waals surface area contributed by atoms with Crippen LogP contribution >= 0.6 is 23.2 Å². The Morgan fingerprint density at radius 3 is 2.68 bits per heavy atom. The minimum atomic E-state index is -1.02. The van der Waals surface area contributed by atoms with Gasteiger partial charge < -0.3 is 24.6 Å². The first-order chi connectivity index (χ1) is 27.2. The number of rotatable bonds is 10. The topological polar surface area (TPSA) is 116 Å². The number of carbonyl (C=O) groups is 1. The average molecular weight is 794 g/mol. The molecule has 2 bridgehead atoms. The van der Waals surface area contributed by atoms with E-state index in [0.29, 0.717) is 52.0 Å². The average Bonchev–Trinajstić information content (AvgIpc) is 3.44. The maximum atomic E-state index is 17.4. The van der Waals surface area contributed by atoms with Crippen molar-refractivity contribution in [3.63, 3.8) is 0 Å². The number of hydrogen-bond donors (Lipinski definition) is 2. The molecule has 56 heavy (non-hydrogen) atoms. The van der Waals surface area contributed by atoms with Crippen LogP contribution in [0.25, 0.3) is 32.9 Å². The zero-order valence-corrected chi connectivity index (χ0v) is 32.7. The lowest BCUT2D eigenvalue weighted by Gasteiger charge is -2.39. The van der Waals surface area contributed by atoms with Gasteiger partial charge in [-0.3, -0.25) is 9.78 Å². The van der Waals surface area contributed by atoms with Crippen molar-refractivity contribution >= 4 is 50.9 Å². The van der Waals surface area contributed by atoms with Crippen LogP contribution in [0.5, 0.6) is 5.75 Å². The summed E-state index contributed by atoms with van der Waals surface area (Å²) in [4.78, 5) is 25.7. The number of aliphatic hydroxyl groups is 1. The van der Waals surface area contributed by atoms with E-state index in [0.717, 1.165) is 66.7 Å². The SMILES string of the molecule is C[C@@H](O)c1nc2c(F)c(-c3cccc(Cl)c3Cl)c(CCC#N)cc2c2c1cc([C@H]1C[C@H](Oc3ccnc(C4CCC4)c3)CN1C(=O)C1CC1)n2[C@H]1[C@H]2CN[C@@H]1C2. The molecule has 6 fully saturated rings. The summed E-state index contributed by atoms with van der Waals surface area (Å²) in [5.74, 6) is 1.17. The van der Waals surface area contributed by atoms with Crippen LogP contribution in [0.4, 0.5) is 4.39 Å². The van der Waals surface area contributed by atoms with Crippen LogP contribution in [0, 0.1) is 29.0 Å².